The number of benzene rings is 2. The van der Waals surface area contributed by atoms with Crippen LogP contribution < -0.4 is 20.3 Å². The van der Waals surface area contributed by atoms with Crippen LogP contribution in [0.5, 0.6) is 5.75 Å². The van der Waals surface area contributed by atoms with Gasteiger partial charge in [0.05, 0.1) is 12.8 Å². The zero-order chi connectivity index (χ0) is 20.3. The zero-order valence-electron chi connectivity index (χ0n) is 16.8. The summed E-state index contributed by atoms with van der Waals surface area (Å²) >= 11 is 0. The van der Waals surface area contributed by atoms with E-state index in [2.05, 4.69) is 10.6 Å². The van der Waals surface area contributed by atoms with Crippen LogP contribution in [0, 0.1) is 13.8 Å². The molecule has 148 valence electrons. The van der Waals surface area contributed by atoms with E-state index in [9.17, 15) is 9.59 Å². The smallest absolute Gasteiger partial charge is 0.246 e. The molecule has 3 rings (SSSR count). The van der Waals surface area contributed by atoms with Gasteiger partial charge in [-0.3, -0.25) is 9.59 Å². The molecule has 6 heteroatoms. The van der Waals surface area contributed by atoms with E-state index in [0.29, 0.717) is 18.7 Å². The van der Waals surface area contributed by atoms with E-state index in [-0.39, 0.29) is 11.8 Å². The fraction of sp³-hybridized carbons (Fsp3) is 0.364. The van der Waals surface area contributed by atoms with Gasteiger partial charge in [-0.05, 0) is 50.5 Å². The van der Waals surface area contributed by atoms with Crippen molar-refractivity contribution in [3.63, 3.8) is 0 Å². The van der Waals surface area contributed by atoms with E-state index in [1.54, 1.807) is 12.0 Å². The Labute approximate surface area is 165 Å². The van der Waals surface area contributed by atoms with Crippen molar-refractivity contribution in [1.29, 1.82) is 0 Å². The molecule has 1 aliphatic heterocycles. The minimum absolute atomic E-state index is 0.111. The number of hydrogen-bond donors (Lipinski definition) is 2. The van der Waals surface area contributed by atoms with E-state index in [4.69, 9.17) is 4.74 Å². The summed E-state index contributed by atoms with van der Waals surface area (Å²) in [7, 11) is 1.58. The van der Waals surface area contributed by atoms with Gasteiger partial charge in [0.2, 0.25) is 11.8 Å². The maximum absolute atomic E-state index is 12.6. The molecule has 0 bridgehead atoms. The van der Waals surface area contributed by atoms with Gasteiger partial charge in [-0.25, -0.2) is 0 Å². The highest BCUT2D eigenvalue weighted by Crippen LogP contribution is 2.34. The second kappa shape index (κ2) is 8.33. The largest absolute Gasteiger partial charge is 0.494 e. The number of anilines is 3. The van der Waals surface area contributed by atoms with Gasteiger partial charge < -0.3 is 20.3 Å². The van der Waals surface area contributed by atoms with Crippen molar-refractivity contribution in [2.45, 2.75) is 39.7 Å². The molecule has 1 heterocycles. The summed E-state index contributed by atoms with van der Waals surface area (Å²) in [6.45, 7) is 6.47. The van der Waals surface area contributed by atoms with Crippen LogP contribution in [-0.4, -0.2) is 31.5 Å². The maximum Gasteiger partial charge on any atom is 0.246 e. The number of hydrogen-bond acceptors (Lipinski definition) is 4. The number of nitrogens with one attached hydrogen (secondary N) is 2. The third kappa shape index (κ3) is 4.11. The highest BCUT2D eigenvalue weighted by molar-refractivity contribution is 5.98. The van der Waals surface area contributed by atoms with E-state index in [1.165, 1.54) is 0 Å². The number of carbonyl (C=O) groups is 2. The van der Waals surface area contributed by atoms with Crippen LogP contribution >= 0.6 is 0 Å². The lowest BCUT2D eigenvalue weighted by Gasteiger charge is -2.21. The normalized spacial score (nSPS) is 14.7. The Kier molecular flexibility index (Phi) is 5.87. The summed E-state index contributed by atoms with van der Waals surface area (Å²) < 4.78 is 5.48. The summed E-state index contributed by atoms with van der Waals surface area (Å²) in [5.41, 5.74) is 4.44. The first-order valence-electron chi connectivity index (χ1n) is 9.52. The van der Waals surface area contributed by atoms with Gasteiger partial charge >= 0.3 is 0 Å². The average molecular weight is 381 g/mol. The average Bonchev–Trinajstić information content (AvgIpc) is 3.10. The summed E-state index contributed by atoms with van der Waals surface area (Å²) in [6.07, 6.45) is 1.43. The molecule has 0 aromatic heterocycles. The summed E-state index contributed by atoms with van der Waals surface area (Å²) in [4.78, 5) is 26.4. The lowest BCUT2D eigenvalue weighted by atomic mass is 10.1. The number of nitrogens with zero attached hydrogens (tertiary/aromatic N) is 1. The Bertz CT molecular complexity index is 874. The Morgan fingerprint density at radius 1 is 1.18 bits per heavy atom. The quantitative estimate of drug-likeness (QED) is 0.797. The molecule has 0 radical (unpaired) electrons. The van der Waals surface area contributed by atoms with E-state index < -0.39 is 6.04 Å². The first-order chi connectivity index (χ1) is 13.4. The fourth-order valence-corrected chi connectivity index (χ4v) is 3.45. The monoisotopic (exact) mass is 381 g/mol. The molecular weight excluding hydrogens is 354 g/mol. The number of ether oxygens (including phenoxy) is 1. The van der Waals surface area contributed by atoms with Crippen molar-refractivity contribution in [3.05, 3.63) is 47.5 Å². The van der Waals surface area contributed by atoms with Gasteiger partial charge in [-0.2, -0.15) is 0 Å². The Morgan fingerprint density at radius 2 is 1.89 bits per heavy atom. The van der Waals surface area contributed by atoms with Crippen molar-refractivity contribution in [3.8, 4) is 5.75 Å². The molecule has 6 nitrogen and oxygen atoms in total. The Balaban J connectivity index is 1.72. The topological polar surface area (TPSA) is 70.7 Å². The van der Waals surface area contributed by atoms with Gasteiger partial charge in [-0.15, -0.1) is 0 Å². The van der Waals surface area contributed by atoms with Crippen LogP contribution in [0.3, 0.4) is 0 Å². The molecule has 0 aliphatic carbocycles. The molecule has 1 atom stereocenters. The van der Waals surface area contributed by atoms with Crippen LogP contribution in [0.1, 0.15) is 30.9 Å². The molecule has 2 aromatic rings. The van der Waals surface area contributed by atoms with Gasteiger partial charge in [0.25, 0.3) is 0 Å². The van der Waals surface area contributed by atoms with Crippen molar-refractivity contribution < 1.29 is 14.3 Å². The minimum atomic E-state index is -0.442. The zero-order valence-corrected chi connectivity index (χ0v) is 16.8. The first kappa shape index (κ1) is 19.7. The van der Waals surface area contributed by atoms with E-state index >= 15 is 0 Å². The van der Waals surface area contributed by atoms with Gasteiger partial charge in [-0.1, -0.05) is 18.2 Å². The van der Waals surface area contributed by atoms with E-state index in [1.807, 2.05) is 57.2 Å². The number of carbonyl (C=O) groups excluding carboxylic acids is 2. The molecular formula is C22H27N3O3. The third-order valence-corrected chi connectivity index (χ3v) is 5.05. The molecule has 1 fully saturated rings. The van der Waals surface area contributed by atoms with Crippen molar-refractivity contribution in [2.24, 2.45) is 0 Å². The van der Waals surface area contributed by atoms with Gasteiger partial charge in [0.15, 0.2) is 0 Å². The second-order valence-corrected chi connectivity index (χ2v) is 7.16. The predicted octanol–water partition coefficient (Wildman–Crippen LogP) is 3.88. The molecule has 28 heavy (non-hydrogen) atoms. The van der Waals surface area contributed by atoms with Crippen molar-refractivity contribution in [1.82, 2.24) is 0 Å². The van der Waals surface area contributed by atoms with Crippen LogP contribution in [-0.2, 0) is 9.59 Å². The third-order valence-electron chi connectivity index (χ3n) is 5.05. The molecule has 2 amide bonds. The van der Waals surface area contributed by atoms with E-state index in [0.717, 1.165) is 34.6 Å². The Morgan fingerprint density at radius 3 is 2.50 bits per heavy atom. The van der Waals surface area contributed by atoms with Crippen LogP contribution in [0.2, 0.25) is 0 Å². The maximum atomic E-state index is 12.6. The predicted molar refractivity (Wildman–Crippen MR) is 112 cm³/mol. The summed E-state index contributed by atoms with van der Waals surface area (Å²) in [5, 5.41) is 6.21. The molecule has 2 N–H and O–H groups in total. The number of aryl methyl sites for hydroxylation is 2. The number of amides is 2. The lowest BCUT2D eigenvalue weighted by molar-refractivity contribution is -0.117. The molecule has 1 aliphatic rings. The Hall–Kier alpha value is -3.02. The van der Waals surface area contributed by atoms with Gasteiger partial charge in [0.1, 0.15) is 11.8 Å². The molecule has 0 spiro atoms. The number of methoxy groups -OCH3 is 1. The molecule has 0 saturated carbocycles. The first-order valence-corrected chi connectivity index (χ1v) is 9.52. The van der Waals surface area contributed by atoms with Crippen LogP contribution in [0.4, 0.5) is 17.1 Å². The van der Waals surface area contributed by atoms with Crippen molar-refractivity contribution in [2.75, 3.05) is 29.2 Å². The van der Waals surface area contributed by atoms with Crippen LogP contribution in [0.25, 0.3) is 0 Å². The van der Waals surface area contributed by atoms with Gasteiger partial charge in [0, 0.05) is 30.4 Å². The SMILES string of the molecule is COc1cc(N[C@@H](C)C(=O)Nc2c(C)cccc2C)ccc1N1CCCC1=O. The van der Waals surface area contributed by atoms with Crippen molar-refractivity contribution >= 4 is 28.9 Å². The lowest BCUT2D eigenvalue weighted by Crippen LogP contribution is -2.32. The van der Waals surface area contributed by atoms with Crippen LogP contribution in [0.15, 0.2) is 36.4 Å². The molecule has 1 saturated heterocycles. The number of rotatable bonds is 6. The number of para-hydroxylation sites is 1. The standard InChI is InChI=1S/C22H27N3O3/c1-14-7-5-8-15(2)21(14)24-22(27)16(3)23-17-10-11-18(19(13-17)28-4)25-12-6-9-20(25)26/h5,7-8,10-11,13,16,23H,6,9,12H2,1-4H3,(H,24,27)/t16-/m0/s1. The summed E-state index contributed by atoms with van der Waals surface area (Å²) in [6, 6.07) is 11.0. The highest BCUT2D eigenvalue weighted by Gasteiger charge is 2.25. The minimum Gasteiger partial charge on any atom is -0.494 e. The second-order valence-electron chi connectivity index (χ2n) is 7.16. The highest BCUT2D eigenvalue weighted by atomic mass is 16.5. The molecule has 0 unspecified atom stereocenters. The molecule has 2 aromatic carbocycles. The fourth-order valence-electron chi connectivity index (χ4n) is 3.45. The summed E-state index contributed by atoms with van der Waals surface area (Å²) in [5.74, 6) is 0.609.